The van der Waals surface area contributed by atoms with Gasteiger partial charge in [0.05, 0.1) is 31.6 Å². The summed E-state index contributed by atoms with van der Waals surface area (Å²) in [5.74, 6) is 0.984. The number of anilines is 2. The maximum Gasteiger partial charge on any atom is 0.317 e. The molecule has 4 rings (SSSR count). The number of morpholine rings is 1. The number of pyridine rings is 1. The molecule has 3 aliphatic rings. The first-order chi connectivity index (χ1) is 12.5. The van der Waals surface area contributed by atoms with E-state index in [1.807, 2.05) is 25.2 Å². The highest BCUT2D eigenvalue weighted by molar-refractivity contribution is 5.75. The second-order valence-electron chi connectivity index (χ2n) is 7.97. The highest BCUT2D eigenvalue weighted by Crippen LogP contribution is 2.31. The smallest absolute Gasteiger partial charge is 0.317 e. The number of urea groups is 1. The van der Waals surface area contributed by atoms with E-state index in [0.29, 0.717) is 25.7 Å². The Kier molecular flexibility index (Phi) is 4.65. The number of amides is 2. The van der Waals surface area contributed by atoms with E-state index in [9.17, 15) is 4.79 Å². The first-order valence-corrected chi connectivity index (χ1v) is 9.62. The molecule has 2 amide bonds. The Morgan fingerprint density at radius 3 is 2.85 bits per heavy atom. The molecule has 1 saturated carbocycles. The van der Waals surface area contributed by atoms with Crippen LogP contribution in [0, 0.1) is 0 Å². The lowest BCUT2D eigenvalue weighted by molar-refractivity contribution is -0.103. The topological polar surface area (TPSA) is 60.9 Å². The lowest BCUT2D eigenvalue weighted by Crippen LogP contribution is -2.62. The fraction of sp³-hybridized carbons (Fsp3) is 0.684. The van der Waals surface area contributed by atoms with Crippen LogP contribution >= 0.6 is 0 Å². The van der Waals surface area contributed by atoms with Crippen LogP contribution in [0.15, 0.2) is 18.3 Å². The zero-order valence-electron chi connectivity index (χ0n) is 15.8. The van der Waals surface area contributed by atoms with E-state index in [1.165, 1.54) is 0 Å². The van der Waals surface area contributed by atoms with E-state index in [2.05, 4.69) is 32.2 Å². The lowest BCUT2D eigenvalue weighted by atomic mass is 9.90. The molecule has 7 heteroatoms. The highest BCUT2D eigenvalue weighted by atomic mass is 16.5. The summed E-state index contributed by atoms with van der Waals surface area (Å²) in [6, 6.07) is 4.64. The lowest BCUT2D eigenvalue weighted by Gasteiger charge is -2.48. The molecule has 2 aliphatic heterocycles. The number of nitrogens with zero attached hydrogens (tertiary/aromatic N) is 4. The van der Waals surface area contributed by atoms with E-state index in [0.717, 1.165) is 50.3 Å². The van der Waals surface area contributed by atoms with Crippen molar-refractivity contribution in [3.63, 3.8) is 0 Å². The van der Waals surface area contributed by atoms with Crippen molar-refractivity contribution in [1.82, 2.24) is 15.2 Å². The van der Waals surface area contributed by atoms with Gasteiger partial charge in [-0.15, -0.1) is 0 Å². The van der Waals surface area contributed by atoms with Gasteiger partial charge in [0.25, 0.3) is 0 Å². The van der Waals surface area contributed by atoms with Gasteiger partial charge in [-0.05, 0) is 37.8 Å². The minimum atomic E-state index is -0.278. The Bertz CT molecular complexity index is 642. The number of ether oxygens (including phenoxy) is 1. The summed E-state index contributed by atoms with van der Waals surface area (Å²) in [5, 5.41) is 3.11. The van der Waals surface area contributed by atoms with Crippen molar-refractivity contribution in [3.05, 3.63) is 18.3 Å². The Balaban J connectivity index is 1.43. The largest absolute Gasteiger partial charge is 0.376 e. The Labute approximate surface area is 155 Å². The molecular weight excluding hydrogens is 330 g/mol. The minimum Gasteiger partial charge on any atom is -0.376 e. The van der Waals surface area contributed by atoms with Crippen molar-refractivity contribution in [1.29, 1.82) is 0 Å². The molecule has 1 aromatic heterocycles. The number of carbonyl (C=O) groups is 1. The fourth-order valence-electron chi connectivity index (χ4n) is 3.88. The molecule has 1 spiro atoms. The van der Waals surface area contributed by atoms with Gasteiger partial charge >= 0.3 is 6.03 Å². The Morgan fingerprint density at radius 1 is 1.31 bits per heavy atom. The van der Waals surface area contributed by atoms with Gasteiger partial charge in [0.15, 0.2) is 0 Å². The Hall–Kier alpha value is -2.02. The van der Waals surface area contributed by atoms with E-state index in [1.54, 1.807) is 0 Å². The monoisotopic (exact) mass is 359 g/mol. The molecule has 1 aromatic rings. The molecule has 0 bridgehead atoms. The number of hydrogen-bond donors (Lipinski definition) is 1. The molecule has 142 valence electrons. The van der Waals surface area contributed by atoms with Crippen molar-refractivity contribution in [2.45, 2.75) is 37.3 Å². The number of nitrogens with one attached hydrogen (secondary N) is 1. The van der Waals surface area contributed by atoms with E-state index < -0.39 is 0 Å². The van der Waals surface area contributed by atoms with Crippen molar-refractivity contribution in [3.8, 4) is 0 Å². The SMILES string of the molecule is CN(C)c1ccc(N2CCCC3(CN(C(=O)NC4CC4)CCO3)C2)nc1. The van der Waals surface area contributed by atoms with Crippen LogP contribution in [0.4, 0.5) is 16.3 Å². The van der Waals surface area contributed by atoms with Crippen LogP contribution in [0.5, 0.6) is 0 Å². The predicted octanol–water partition coefficient (Wildman–Crippen LogP) is 1.69. The third kappa shape index (κ3) is 3.72. The van der Waals surface area contributed by atoms with E-state index >= 15 is 0 Å². The van der Waals surface area contributed by atoms with Gasteiger partial charge in [-0.25, -0.2) is 9.78 Å². The first-order valence-electron chi connectivity index (χ1n) is 9.62. The molecule has 3 fully saturated rings. The third-order valence-corrected chi connectivity index (χ3v) is 5.55. The maximum absolute atomic E-state index is 12.5. The molecule has 0 radical (unpaired) electrons. The van der Waals surface area contributed by atoms with Gasteiger partial charge in [0, 0.05) is 33.2 Å². The summed E-state index contributed by atoms with van der Waals surface area (Å²) in [4.78, 5) is 23.4. The Morgan fingerprint density at radius 2 is 2.15 bits per heavy atom. The number of hydrogen-bond acceptors (Lipinski definition) is 5. The van der Waals surface area contributed by atoms with Crippen LogP contribution in [0.25, 0.3) is 0 Å². The first kappa shape index (κ1) is 17.4. The van der Waals surface area contributed by atoms with Crippen molar-refractivity contribution in [2.24, 2.45) is 0 Å². The molecule has 2 saturated heterocycles. The molecule has 3 heterocycles. The molecule has 1 atom stereocenters. The van der Waals surface area contributed by atoms with Gasteiger partial charge in [0.1, 0.15) is 11.4 Å². The van der Waals surface area contributed by atoms with Gasteiger partial charge < -0.3 is 24.8 Å². The minimum absolute atomic E-state index is 0.0701. The molecule has 1 unspecified atom stereocenters. The predicted molar refractivity (Wildman–Crippen MR) is 102 cm³/mol. The summed E-state index contributed by atoms with van der Waals surface area (Å²) >= 11 is 0. The maximum atomic E-state index is 12.5. The zero-order valence-corrected chi connectivity index (χ0v) is 15.8. The zero-order chi connectivity index (χ0) is 18.1. The highest BCUT2D eigenvalue weighted by Gasteiger charge is 2.42. The van der Waals surface area contributed by atoms with Crippen LogP contribution in [0.3, 0.4) is 0 Å². The number of piperidine rings is 1. The van der Waals surface area contributed by atoms with Gasteiger partial charge in [-0.1, -0.05) is 0 Å². The van der Waals surface area contributed by atoms with Crippen molar-refractivity contribution in [2.75, 3.05) is 56.7 Å². The van der Waals surface area contributed by atoms with Crippen LogP contribution < -0.4 is 15.1 Å². The summed E-state index contributed by atoms with van der Waals surface area (Å²) in [6.07, 6.45) is 6.18. The number of aromatic nitrogens is 1. The summed E-state index contributed by atoms with van der Waals surface area (Å²) in [6.45, 7) is 3.72. The second kappa shape index (κ2) is 6.95. The van der Waals surface area contributed by atoms with Gasteiger partial charge in [-0.3, -0.25) is 0 Å². The number of rotatable bonds is 3. The van der Waals surface area contributed by atoms with Crippen LogP contribution in [0.2, 0.25) is 0 Å². The average Bonchev–Trinajstić information content (AvgIpc) is 3.46. The molecular formula is C19H29N5O2. The molecule has 1 aliphatic carbocycles. The summed E-state index contributed by atoms with van der Waals surface area (Å²) in [5.41, 5.74) is 0.816. The van der Waals surface area contributed by atoms with Gasteiger partial charge in [-0.2, -0.15) is 0 Å². The van der Waals surface area contributed by atoms with Crippen LogP contribution in [-0.4, -0.2) is 74.4 Å². The molecule has 26 heavy (non-hydrogen) atoms. The van der Waals surface area contributed by atoms with Crippen LogP contribution in [0.1, 0.15) is 25.7 Å². The quantitative estimate of drug-likeness (QED) is 0.890. The van der Waals surface area contributed by atoms with Crippen molar-refractivity contribution >= 4 is 17.5 Å². The van der Waals surface area contributed by atoms with E-state index in [4.69, 9.17) is 4.74 Å². The fourth-order valence-corrected chi connectivity index (χ4v) is 3.88. The summed E-state index contributed by atoms with van der Waals surface area (Å²) in [7, 11) is 4.04. The van der Waals surface area contributed by atoms with Crippen molar-refractivity contribution < 1.29 is 9.53 Å². The molecule has 1 N–H and O–H groups in total. The molecule has 0 aromatic carbocycles. The molecule has 7 nitrogen and oxygen atoms in total. The number of carbonyl (C=O) groups excluding carboxylic acids is 1. The summed E-state index contributed by atoms with van der Waals surface area (Å²) < 4.78 is 6.22. The average molecular weight is 359 g/mol. The second-order valence-corrected chi connectivity index (χ2v) is 7.97. The normalized spacial score (nSPS) is 26.1. The van der Waals surface area contributed by atoms with Gasteiger partial charge in [0.2, 0.25) is 0 Å². The standard InChI is InChI=1S/C19H29N5O2/c1-22(2)16-6-7-17(20-12-16)23-9-3-8-19(13-23)14-24(10-11-26-19)18(25)21-15-4-5-15/h6-7,12,15H,3-5,8-11,13-14H2,1-2H3,(H,21,25). The van der Waals surface area contributed by atoms with E-state index in [-0.39, 0.29) is 11.6 Å². The van der Waals surface area contributed by atoms with Crippen LogP contribution in [-0.2, 0) is 4.74 Å². The third-order valence-electron chi connectivity index (χ3n) is 5.55.